The molecule has 0 spiro atoms. The molecule has 2 heterocycles. The lowest BCUT2D eigenvalue weighted by molar-refractivity contribution is -0.137. The molecule has 2 aliphatic rings. The Balaban J connectivity index is 1.63. The van der Waals surface area contributed by atoms with E-state index < -0.39 is 5.82 Å². The van der Waals surface area contributed by atoms with Crippen molar-refractivity contribution in [1.29, 1.82) is 0 Å². The molecule has 0 aromatic heterocycles. The van der Waals surface area contributed by atoms with Gasteiger partial charge in [-0.2, -0.15) is 0 Å². The van der Waals surface area contributed by atoms with Crippen LogP contribution in [0.4, 0.5) is 4.39 Å². The van der Waals surface area contributed by atoms with Crippen LogP contribution in [0.1, 0.15) is 31.2 Å². The minimum Gasteiger partial charge on any atom is -0.340 e. The van der Waals surface area contributed by atoms with E-state index in [1.54, 1.807) is 11.0 Å². The molecule has 0 radical (unpaired) electrons. The lowest BCUT2D eigenvalue weighted by Crippen LogP contribution is -2.50. The first-order valence-electron chi connectivity index (χ1n) is 8.06. The molecule has 3 rings (SSSR count). The number of hydrogen-bond acceptors (Lipinski definition) is 2. The average Bonchev–Trinajstić information content (AvgIpc) is 2.96. The highest BCUT2D eigenvalue weighted by molar-refractivity contribution is 6.31. The number of halogens is 2. The van der Waals surface area contributed by atoms with Crippen LogP contribution >= 0.6 is 11.6 Å². The number of rotatable bonds is 3. The quantitative estimate of drug-likeness (QED) is 0.850. The van der Waals surface area contributed by atoms with Gasteiger partial charge in [-0.05, 0) is 37.0 Å². The standard InChI is InChI=1S/C17H20ClFN2O2/c18-15-10-13(19)6-5-12(15)9-17(23)20-7-1-3-14(11-20)21-8-2-4-16(21)22/h5-6,10,14H,1-4,7-9,11H2. The molecule has 0 aliphatic carbocycles. The molecule has 1 aromatic carbocycles. The Labute approximate surface area is 140 Å². The van der Waals surface area contributed by atoms with Crippen molar-refractivity contribution in [3.63, 3.8) is 0 Å². The van der Waals surface area contributed by atoms with Gasteiger partial charge in [-0.15, -0.1) is 0 Å². The first-order chi connectivity index (χ1) is 11.0. The minimum atomic E-state index is -0.406. The van der Waals surface area contributed by atoms with Gasteiger partial charge in [0.05, 0.1) is 6.42 Å². The molecule has 1 aromatic rings. The predicted octanol–water partition coefficient (Wildman–Crippen LogP) is 2.64. The van der Waals surface area contributed by atoms with E-state index in [1.807, 2.05) is 4.90 Å². The molecule has 1 atom stereocenters. The van der Waals surface area contributed by atoms with Crippen molar-refractivity contribution in [1.82, 2.24) is 9.80 Å². The minimum absolute atomic E-state index is 0.0187. The van der Waals surface area contributed by atoms with E-state index in [0.717, 1.165) is 25.8 Å². The second-order valence-electron chi connectivity index (χ2n) is 6.24. The summed E-state index contributed by atoms with van der Waals surface area (Å²) in [5, 5.41) is 0.279. The van der Waals surface area contributed by atoms with Gasteiger partial charge in [-0.3, -0.25) is 9.59 Å². The van der Waals surface area contributed by atoms with Crippen molar-refractivity contribution in [2.45, 2.75) is 38.1 Å². The van der Waals surface area contributed by atoms with Crippen LogP contribution in [0.5, 0.6) is 0 Å². The van der Waals surface area contributed by atoms with Gasteiger partial charge in [0.2, 0.25) is 11.8 Å². The number of benzene rings is 1. The van der Waals surface area contributed by atoms with E-state index in [2.05, 4.69) is 0 Å². The fourth-order valence-corrected chi connectivity index (χ4v) is 3.66. The van der Waals surface area contributed by atoms with Gasteiger partial charge in [-0.25, -0.2) is 4.39 Å². The highest BCUT2D eigenvalue weighted by Gasteiger charge is 2.32. The summed E-state index contributed by atoms with van der Waals surface area (Å²) >= 11 is 6.00. The molecular formula is C17H20ClFN2O2. The van der Waals surface area contributed by atoms with E-state index in [4.69, 9.17) is 11.6 Å². The Bertz CT molecular complexity index is 623. The van der Waals surface area contributed by atoms with Crippen molar-refractivity contribution in [2.24, 2.45) is 0 Å². The summed E-state index contributed by atoms with van der Waals surface area (Å²) in [4.78, 5) is 28.1. The van der Waals surface area contributed by atoms with Gasteiger partial charge in [0.1, 0.15) is 5.82 Å². The summed E-state index contributed by atoms with van der Waals surface area (Å²) in [6.07, 6.45) is 3.55. The average molecular weight is 339 g/mol. The van der Waals surface area contributed by atoms with Crippen LogP contribution in [0.25, 0.3) is 0 Å². The van der Waals surface area contributed by atoms with Crippen LogP contribution < -0.4 is 0 Å². The highest BCUT2D eigenvalue weighted by Crippen LogP contribution is 2.23. The number of carbonyl (C=O) groups is 2. The lowest BCUT2D eigenvalue weighted by atomic mass is 10.0. The molecule has 1 unspecified atom stereocenters. The largest absolute Gasteiger partial charge is 0.340 e. The van der Waals surface area contributed by atoms with Gasteiger partial charge >= 0.3 is 0 Å². The molecule has 4 nitrogen and oxygen atoms in total. The Morgan fingerprint density at radius 3 is 2.83 bits per heavy atom. The van der Waals surface area contributed by atoms with Gasteiger partial charge in [0, 0.05) is 37.1 Å². The van der Waals surface area contributed by atoms with Crippen LogP contribution in [0.15, 0.2) is 18.2 Å². The van der Waals surface area contributed by atoms with Gasteiger partial charge in [-0.1, -0.05) is 17.7 Å². The maximum Gasteiger partial charge on any atom is 0.227 e. The molecule has 2 saturated heterocycles. The molecule has 6 heteroatoms. The Morgan fingerprint density at radius 1 is 1.30 bits per heavy atom. The lowest BCUT2D eigenvalue weighted by Gasteiger charge is -2.37. The van der Waals surface area contributed by atoms with Crippen molar-refractivity contribution in [2.75, 3.05) is 19.6 Å². The summed E-state index contributed by atoms with van der Waals surface area (Å²) < 4.78 is 13.1. The number of amides is 2. The number of piperidine rings is 1. The second kappa shape index (κ2) is 6.87. The summed E-state index contributed by atoms with van der Waals surface area (Å²) in [7, 11) is 0. The first-order valence-corrected chi connectivity index (χ1v) is 8.43. The zero-order chi connectivity index (χ0) is 16.4. The number of nitrogens with zero attached hydrogens (tertiary/aromatic N) is 2. The maximum absolute atomic E-state index is 13.1. The molecule has 2 aliphatic heterocycles. The Morgan fingerprint density at radius 2 is 2.13 bits per heavy atom. The van der Waals surface area contributed by atoms with Crippen LogP contribution in [0, 0.1) is 5.82 Å². The Kier molecular flexibility index (Phi) is 4.85. The van der Waals surface area contributed by atoms with Crippen LogP contribution in [0.3, 0.4) is 0 Å². The molecule has 0 saturated carbocycles. The van der Waals surface area contributed by atoms with E-state index in [9.17, 15) is 14.0 Å². The molecule has 2 fully saturated rings. The molecule has 23 heavy (non-hydrogen) atoms. The molecule has 124 valence electrons. The highest BCUT2D eigenvalue weighted by atomic mass is 35.5. The van der Waals surface area contributed by atoms with Gasteiger partial charge in [0.25, 0.3) is 0 Å². The molecule has 0 N–H and O–H groups in total. The van der Waals surface area contributed by atoms with Crippen LogP contribution in [-0.2, 0) is 16.0 Å². The van der Waals surface area contributed by atoms with Crippen molar-refractivity contribution >= 4 is 23.4 Å². The molecule has 0 bridgehead atoms. The monoisotopic (exact) mass is 338 g/mol. The number of carbonyl (C=O) groups excluding carboxylic acids is 2. The van der Waals surface area contributed by atoms with E-state index in [1.165, 1.54) is 12.1 Å². The maximum atomic E-state index is 13.1. The fraction of sp³-hybridized carbons (Fsp3) is 0.529. The smallest absolute Gasteiger partial charge is 0.227 e. The van der Waals surface area contributed by atoms with Crippen LogP contribution in [-0.4, -0.2) is 47.3 Å². The van der Waals surface area contributed by atoms with Crippen molar-refractivity contribution in [3.8, 4) is 0 Å². The third-order valence-corrected chi connectivity index (χ3v) is 5.01. The summed E-state index contributed by atoms with van der Waals surface area (Å²) in [6, 6.07) is 4.23. The first kappa shape index (κ1) is 16.2. The summed E-state index contributed by atoms with van der Waals surface area (Å²) in [5.41, 5.74) is 0.637. The third kappa shape index (κ3) is 3.66. The number of likely N-dealkylation sites (tertiary alicyclic amines) is 2. The third-order valence-electron chi connectivity index (χ3n) is 4.66. The van der Waals surface area contributed by atoms with E-state index in [-0.39, 0.29) is 29.3 Å². The Hall–Kier alpha value is -1.62. The van der Waals surface area contributed by atoms with E-state index in [0.29, 0.717) is 25.1 Å². The molecular weight excluding hydrogens is 319 g/mol. The zero-order valence-corrected chi connectivity index (χ0v) is 13.7. The normalized spacial score (nSPS) is 21.8. The van der Waals surface area contributed by atoms with Gasteiger partial charge < -0.3 is 9.80 Å². The number of hydrogen-bond donors (Lipinski definition) is 0. The van der Waals surface area contributed by atoms with Gasteiger partial charge in [0.15, 0.2) is 0 Å². The summed E-state index contributed by atoms with van der Waals surface area (Å²) in [5.74, 6) is -0.225. The summed E-state index contributed by atoms with van der Waals surface area (Å²) in [6.45, 7) is 2.09. The van der Waals surface area contributed by atoms with Crippen molar-refractivity contribution < 1.29 is 14.0 Å². The predicted molar refractivity (Wildman–Crippen MR) is 85.7 cm³/mol. The molecule has 2 amide bonds. The van der Waals surface area contributed by atoms with Crippen molar-refractivity contribution in [3.05, 3.63) is 34.6 Å². The zero-order valence-electron chi connectivity index (χ0n) is 12.9. The topological polar surface area (TPSA) is 40.6 Å². The fourth-order valence-electron chi connectivity index (χ4n) is 3.43. The second-order valence-corrected chi connectivity index (χ2v) is 6.65. The van der Waals surface area contributed by atoms with E-state index >= 15 is 0 Å². The van der Waals surface area contributed by atoms with Crippen LogP contribution in [0.2, 0.25) is 5.02 Å². The SMILES string of the molecule is O=C(Cc1ccc(F)cc1Cl)N1CCCC(N2CCCC2=O)C1.